The molecule has 2 aromatic rings. The molecule has 0 amide bonds. The lowest BCUT2D eigenvalue weighted by Crippen LogP contribution is -2.20. The van der Waals surface area contributed by atoms with Gasteiger partial charge < -0.3 is 4.90 Å². The Labute approximate surface area is 132 Å². The van der Waals surface area contributed by atoms with Crippen molar-refractivity contribution in [1.82, 2.24) is 4.98 Å². The van der Waals surface area contributed by atoms with Crippen LogP contribution in [0.3, 0.4) is 0 Å². The van der Waals surface area contributed by atoms with E-state index in [0.29, 0.717) is 5.92 Å². The lowest BCUT2D eigenvalue weighted by molar-refractivity contribution is 0.581. The van der Waals surface area contributed by atoms with Crippen LogP contribution >= 0.6 is 0 Å². The predicted molar refractivity (Wildman–Crippen MR) is 93.5 cm³/mol. The number of aryl methyl sites for hydroxylation is 1. The summed E-state index contributed by atoms with van der Waals surface area (Å²) in [6.07, 6.45) is 4.17. The summed E-state index contributed by atoms with van der Waals surface area (Å²) in [5, 5.41) is 0. The van der Waals surface area contributed by atoms with E-state index in [-0.39, 0.29) is 0 Å². The normalized spacial score (nSPS) is 13.9. The molecule has 0 spiro atoms. The van der Waals surface area contributed by atoms with Crippen molar-refractivity contribution >= 4 is 17.1 Å². The van der Waals surface area contributed by atoms with Crippen LogP contribution in [0.2, 0.25) is 0 Å². The molecule has 0 N–H and O–H groups in total. The number of aromatic nitrogens is 1. The average Bonchev–Trinajstić information content (AvgIpc) is 2.78. The molecule has 3 nitrogen and oxygen atoms in total. The summed E-state index contributed by atoms with van der Waals surface area (Å²) in [6, 6.07) is 12.6. The highest BCUT2D eigenvalue weighted by Gasteiger charge is 2.28. The van der Waals surface area contributed by atoms with Gasteiger partial charge in [-0.25, -0.2) is 0 Å². The van der Waals surface area contributed by atoms with E-state index in [9.17, 15) is 0 Å². The van der Waals surface area contributed by atoms with Crippen molar-refractivity contribution in [2.45, 2.75) is 26.7 Å². The molecule has 0 bridgehead atoms. The number of nitrogens with zero attached hydrogens (tertiary/aromatic N) is 3. The molecule has 0 unspecified atom stereocenters. The number of hydrogen-bond donors (Lipinski definition) is 0. The van der Waals surface area contributed by atoms with Gasteiger partial charge in [-0.3, -0.25) is 9.88 Å². The Morgan fingerprint density at radius 3 is 2.45 bits per heavy atom. The zero-order valence-corrected chi connectivity index (χ0v) is 13.6. The highest BCUT2D eigenvalue weighted by Crippen LogP contribution is 2.44. The molecule has 0 aliphatic carbocycles. The molecule has 1 aliphatic heterocycles. The van der Waals surface area contributed by atoms with Crippen LogP contribution in [-0.2, 0) is 6.42 Å². The van der Waals surface area contributed by atoms with Crippen LogP contribution in [0.1, 0.15) is 26.0 Å². The van der Waals surface area contributed by atoms with Crippen molar-refractivity contribution in [2.75, 3.05) is 16.8 Å². The van der Waals surface area contributed by atoms with Crippen molar-refractivity contribution in [3.05, 3.63) is 60.7 Å². The summed E-state index contributed by atoms with van der Waals surface area (Å²) < 4.78 is 0. The zero-order chi connectivity index (χ0) is 15.7. The average molecular weight is 293 g/mol. The standard InChI is InChI=1S/C19H23N3/c1-14(2)9-10-16-11-12-17(13-20-16)22-15(3)21(4)18-7-5-6-8-19(18)22/h5-8,11-14H,3,9-10H2,1-2,4H3. The molecule has 1 aromatic carbocycles. The van der Waals surface area contributed by atoms with E-state index < -0.39 is 0 Å². The number of pyridine rings is 1. The first-order valence-corrected chi connectivity index (χ1v) is 7.84. The topological polar surface area (TPSA) is 19.4 Å². The molecule has 114 valence electrons. The highest BCUT2D eigenvalue weighted by molar-refractivity contribution is 5.87. The van der Waals surface area contributed by atoms with Crippen molar-refractivity contribution in [3.63, 3.8) is 0 Å². The van der Waals surface area contributed by atoms with Crippen LogP contribution in [0.25, 0.3) is 0 Å². The van der Waals surface area contributed by atoms with E-state index in [1.54, 1.807) is 0 Å². The summed E-state index contributed by atoms with van der Waals surface area (Å²) in [5.74, 6) is 1.67. The molecule has 1 aliphatic rings. The Hall–Kier alpha value is -2.29. The summed E-state index contributed by atoms with van der Waals surface area (Å²) >= 11 is 0. The molecular formula is C19H23N3. The fraction of sp³-hybridized carbons (Fsp3) is 0.316. The summed E-state index contributed by atoms with van der Waals surface area (Å²) in [6.45, 7) is 8.70. The van der Waals surface area contributed by atoms with Gasteiger partial charge in [0, 0.05) is 12.7 Å². The maximum atomic E-state index is 4.63. The van der Waals surface area contributed by atoms with Crippen LogP contribution in [0.5, 0.6) is 0 Å². The second-order valence-electron chi connectivity index (χ2n) is 6.24. The number of benzene rings is 1. The zero-order valence-electron chi connectivity index (χ0n) is 13.6. The Balaban J connectivity index is 1.87. The van der Waals surface area contributed by atoms with E-state index in [1.807, 2.05) is 13.2 Å². The van der Waals surface area contributed by atoms with Crippen LogP contribution in [0, 0.1) is 5.92 Å². The second kappa shape index (κ2) is 5.84. The SMILES string of the molecule is C=C1N(C)c2ccccc2N1c1ccc(CCC(C)C)nc1. The maximum Gasteiger partial charge on any atom is 0.110 e. The maximum absolute atomic E-state index is 4.63. The third kappa shape index (κ3) is 2.59. The second-order valence-corrected chi connectivity index (χ2v) is 6.24. The molecule has 2 heterocycles. The highest BCUT2D eigenvalue weighted by atomic mass is 15.4. The Morgan fingerprint density at radius 2 is 1.82 bits per heavy atom. The van der Waals surface area contributed by atoms with Gasteiger partial charge in [-0.1, -0.05) is 32.6 Å². The first kappa shape index (κ1) is 14.6. The van der Waals surface area contributed by atoms with Crippen LogP contribution in [0.15, 0.2) is 55.0 Å². The van der Waals surface area contributed by atoms with Crippen LogP contribution < -0.4 is 9.80 Å². The van der Waals surface area contributed by atoms with E-state index in [2.05, 4.69) is 71.6 Å². The Morgan fingerprint density at radius 1 is 1.09 bits per heavy atom. The molecule has 3 heteroatoms. The van der Waals surface area contributed by atoms with E-state index in [0.717, 1.165) is 29.3 Å². The fourth-order valence-electron chi connectivity index (χ4n) is 2.79. The van der Waals surface area contributed by atoms with Crippen molar-refractivity contribution in [1.29, 1.82) is 0 Å². The van der Waals surface area contributed by atoms with E-state index in [4.69, 9.17) is 0 Å². The minimum absolute atomic E-state index is 0.709. The first-order chi connectivity index (χ1) is 10.6. The van der Waals surface area contributed by atoms with E-state index >= 15 is 0 Å². The first-order valence-electron chi connectivity index (χ1n) is 7.84. The van der Waals surface area contributed by atoms with Gasteiger partial charge >= 0.3 is 0 Å². The predicted octanol–water partition coefficient (Wildman–Crippen LogP) is 4.73. The molecule has 22 heavy (non-hydrogen) atoms. The van der Waals surface area contributed by atoms with Gasteiger partial charge in [-0.05, 0) is 43.0 Å². The number of hydrogen-bond acceptors (Lipinski definition) is 3. The van der Waals surface area contributed by atoms with Gasteiger partial charge in [-0.2, -0.15) is 0 Å². The minimum atomic E-state index is 0.709. The molecule has 0 fully saturated rings. The van der Waals surface area contributed by atoms with Gasteiger partial charge in [0.2, 0.25) is 0 Å². The van der Waals surface area contributed by atoms with Crippen molar-refractivity contribution in [2.24, 2.45) is 5.92 Å². The third-order valence-corrected chi connectivity index (χ3v) is 4.17. The van der Waals surface area contributed by atoms with Crippen molar-refractivity contribution < 1.29 is 0 Å². The molecule has 0 saturated carbocycles. The van der Waals surface area contributed by atoms with Gasteiger partial charge in [-0.15, -0.1) is 0 Å². The van der Waals surface area contributed by atoms with Crippen LogP contribution in [-0.4, -0.2) is 12.0 Å². The van der Waals surface area contributed by atoms with Crippen molar-refractivity contribution in [3.8, 4) is 0 Å². The number of rotatable bonds is 4. The molecule has 1 aromatic heterocycles. The third-order valence-electron chi connectivity index (χ3n) is 4.17. The van der Waals surface area contributed by atoms with Crippen LogP contribution in [0.4, 0.5) is 17.1 Å². The number of fused-ring (bicyclic) bond motifs is 1. The summed E-state index contributed by atoms with van der Waals surface area (Å²) in [4.78, 5) is 8.90. The van der Waals surface area contributed by atoms with Gasteiger partial charge in [0.25, 0.3) is 0 Å². The fourth-order valence-corrected chi connectivity index (χ4v) is 2.79. The monoisotopic (exact) mass is 293 g/mol. The molecule has 0 saturated heterocycles. The number of para-hydroxylation sites is 2. The summed E-state index contributed by atoms with van der Waals surface area (Å²) in [5.41, 5.74) is 4.56. The smallest absolute Gasteiger partial charge is 0.110 e. The van der Waals surface area contributed by atoms with Gasteiger partial charge in [0.15, 0.2) is 0 Å². The molecule has 0 radical (unpaired) electrons. The molecular weight excluding hydrogens is 270 g/mol. The lowest BCUT2D eigenvalue weighted by atomic mass is 10.1. The minimum Gasteiger partial charge on any atom is -0.329 e. The largest absolute Gasteiger partial charge is 0.329 e. The quantitative estimate of drug-likeness (QED) is 0.812. The number of anilines is 3. The Kier molecular flexibility index (Phi) is 3.88. The van der Waals surface area contributed by atoms with Gasteiger partial charge in [0.1, 0.15) is 5.82 Å². The van der Waals surface area contributed by atoms with Gasteiger partial charge in [0.05, 0.1) is 23.3 Å². The summed E-state index contributed by atoms with van der Waals surface area (Å²) in [7, 11) is 2.05. The molecule has 0 atom stereocenters. The molecule has 3 rings (SSSR count). The van der Waals surface area contributed by atoms with E-state index in [1.165, 1.54) is 12.1 Å². The Bertz CT molecular complexity index is 673. The lowest BCUT2D eigenvalue weighted by Gasteiger charge is -2.21.